The van der Waals surface area contributed by atoms with Crippen molar-refractivity contribution in [1.82, 2.24) is 24.6 Å². The number of hydrogen-bond donors (Lipinski definition) is 2. The second-order valence-corrected chi connectivity index (χ2v) is 6.43. The van der Waals surface area contributed by atoms with Crippen LogP contribution in [0.15, 0.2) is 24.8 Å². The number of nitrogens with one attached hydrogen (secondary N) is 1. The van der Waals surface area contributed by atoms with E-state index >= 15 is 0 Å². The summed E-state index contributed by atoms with van der Waals surface area (Å²) in [5.41, 5.74) is 0.896. The van der Waals surface area contributed by atoms with E-state index in [1.54, 1.807) is 12.5 Å². The Labute approximate surface area is 142 Å². The Bertz CT molecular complexity index is 672. The van der Waals surface area contributed by atoms with Gasteiger partial charge in [0.05, 0.1) is 18.0 Å². The fraction of sp³-hybridized carbons (Fsp3) is 0.562. The number of nitrogens with zero attached hydrogens (tertiary/aromatic N) is 6. The lowest BCUT2D eigenvalue weighted by Crippen LogP contribution is -2.38. The summed E-state index contributed by atoms with van der Waals surface area (Å²) in [4.78, 5) is 13.0. The van der Waals surface area contributed by atoms with Crippen LogP contribution in [0.1, 0.15) is 13.3 Å². The smallest absolute Gasteiger partial charge is 0.135 e. The zero-order valence-electron chi connectivity index (χ0n) is 14.4. The predicted molar refractivity (Wildman–Crippen MR) is 93.5 cm³/mol. The van der Waals surface area contributed by atoms with Crippen molar-refractivity contribution in [3.8, 4) is 0 Å². The van der Waals surface area contributed by atoms with E-state index in [0.717, 1.165) is 36.8 Å². The van der Waals surface area contributed by atoms with Crippen LogP contribution in [-0.4, -0.2) is 69.1 Å². The number of aryl methyl sites for hydroxylation is 1. The van der Waals surface area contributed by atoms with Crippen molar-refractivity contribution >= 4 is 17.3 Å². The maximum absolute atomic E-state index is 10.0. The summed E-state index contributed by atoms with van der Waals surface area (Å²) < 4.78 is 1.86. The standard InChI is InChI=1S/C16H25N7O/c1-4-22-8-12(7-19-22)20-15-6-16(18-11-17-15)23-10-14(24)5-13(23)9-21(2)3/h6-8,11,13-14,24H,4-5,9-10H2,1-3H3,(H,17,18,20)/t13-,14-/m1/s1. The Balaban J connectivity index is 1.76. The van der Waals surface area contributed by atoms with Gasteiger partial charge in [-0.1, -0.05) is 0 Å². The summed E-state index contributed by atoms with van der Waals surface area (Å²) >= 11 is 0. The molecule has 2 N–H and O–H groups in total. The van der Waals surface area contributed by atoms with Gasteiger partial charge >= 0.3 is 0 Å². The monoisotopic (exact) mass is 331 g/mol. The van der Waals surface area contributed by atoms with Gasteiger partial charge in [0.1, 0.15) is 18.0 Å². The third-order valence-corrected chi connectivity index (χ3v) is 4.14. The molecule has 0 saturated carbocycles. The summed E-state index contributed by atoms with van der Waals surface area (Å²) in [7, 11) is 4.09. The highest BCUT2D eigenvalue weighted by atomic mass is 16.3. The lowest BCUT2D eigenvalue weighted by molar-refractivity contribution is 0.191. The first-order chi connectivity index (χ1) is 11.5. The predicted octanol–water partition coefficient (Wildman–Crippen LogP) is 0.938. The molecule has 2 aromatic heterocycles. The van der Waals surface area contributed by atoms with E-state index in [1.165, 1.54) is 0 Å². The van der Waals surface area contributed by atoms with Gasteiger partial charge in [0, 0.05) is 37.9 Å². The van der Waals surface area contributed by atoms with Crippen LogP contribution in [0, 0.1) is 0 Å². The number of aliphatic hydroxyl groups excluding tert-OH is 1. The second kappa shape index (κ2) is 7.14. The topological polar surface area (TPSA) is 82.3 Å². The quantitative estimate of drug-likeness (QED) is 0.815. The minimum atomic E-state index is -0.316. The molecule has 1 aliphatic rings. The molecule has 8 nitrogen and oxygen atoms in total. The van der Waals surface area contributed by atoms with Gasteiger partial charge in [-0.2, -0.15) is 5.10 Å². The van der Waals surface area contributed by atoms with E-state index in [0.29, 0.717) is 6.54 Å². The summed E-state index contributed by atoms with van der Waals surface area (Å²) in [6, 6.07) is 2.17. The molecule has 130 valence electrons. The zero-order valence-corrected chi connectivity index (χ0v) is 14.4. The third kappa shape index (κ3) is 3.82. The summed E-state index contributed by atoms with van der Waals surface area (Å²) in [5.74, 6) is 1.56. The van der Waals surface area contributed by atoms with Crippen LogP contribution >= 0.6 is 0 Å². The SMILES string of the molecule is CCn1cc(Nc2cc(N3C[C@H](O)C[C@@H]3CN(C)C)ncn2)cn1. The van der Waals surface area contributed by atoms with Crippen LogP contribution in [0.4, 0.5) is 17.3 Å². The number of hydrogen-bond acceptors (Lipinski definition) is 7. The Morgan fingerprint density at radius 1 is 1.38 bits per heavy atom. The summed E-state index contributed by atoms with van der Waals surface area (Å²) in [6.07, 6.45) is 5.72. The lowest BCUT2D eigenvalue weighted by Gasteiger charge is -2.27. The second-order valence-electron chi connectivity index (χ2n) is 6.43. The van der Waals surface area contributed by atoms with Crippen LogP contribution in [-0.2, 0) is 6.54 Å². The van der Waals surface area contributed by atoms with Crippen LogP contribution in [0.25, 0.3) is 0 Å². The maximum atomic E-state index is 10.0. The van der Waals surface area contributed by atoms with Crippen molar-refractivity contribution in [2.75, 3.05) is 37.4 Å². The lowest BCUT2D eigenvalue weighted by atomic mass is 10.2. The van der Waals surface area contributed by atoms with E-state index < -0.39 is 0 Å². The fourth-order valence-electron chi connectivity index (χ4n) is 3.09. The summed E-state index contributed by atoms with van der Waals surface area (Å²) in [6.45, 7) is 4.35. The van der Waals surface area contributed by atoms with Gasteiger partial charge in [0.2, 0.25) is 0 Å². The van der Waals surface area contributed by atoms with Gasteiger partial charge in [-0.25, -0.2) is 9.97 Å². The molecule has 1 fully saturated rings. The molecule has 24 heavy (non-hydrogen) atoms. The van der Waals surface area contributed by atoms with Crippen molar-refractivity contribution in [3.63, 3.8) is 0 Å². The third-order valence-electron chi connectivity index (χ3n) is 4.14. The van der Waals surface area contributed by atoms with Gasteiger partial charge in [0.15, 0.2) is 0 Å². The number of aromatic nitrogens is 4. The highest BCUT2D eigenvalue weighted by Crippen LogP contribution is 2.26. The molecule has 3 heterocycles. The molecule has 2 aromatic rings. The van der Waals surface area contributed by atoms with Crippen molar-refractivity contribution in [1.29, 1.82) is 0 Å². The minimum Gasteiger partial charge on any atom is -0.391 e. The van der Waals surface area contributed by atoms with E-state index in [1.807, 2.05) is 38.0 Å². The number of likely N-dealkylation sites (N-methyl/N-ethyl adjacent to an activating group) is 1. The molecular weight excluding hydrogens is 306 g/mol. The number of aliphatic hydroxyl groups is 1. The Morgan fingerprint density at radius 3 is 2.92 bits per heavy atom. The van der Waals surface area contributed by atoms with Crippen LogP contribution in [0.3, 0.4) is 0 Å². The van der Waals surface area contributed by atoms with Gasteiger partial charge in [0.25, 0.3) is 0 Å². The van der Waals surface area contributed by atoms with E-state index in [-0.39, 0.29) is 12.1 Å². The first-order valence-corrected chi connectivity index (χ1v) is 8.26. The van der Waals surface area contributed by atoms with Gasteiger partial charge in [-0.15, -0.1) is 0 Å². The van der Waals surface area contributed by atoms with E-state index in [4.69, 9.17) is 0 Å². The van der Waals surface area contributed by atoms with Crippen molar-refractivity contribution in [3.05, 3.63) is 24.8 Å². The van der Waals surface area contributed by atoms with Gasteiger partial charge in [-0.3, -0.25) is 4.68 Å². The van der Waals surface area contributed by atoms with Crippen molar-refractivity contribution < 1.29 is 5.11 Å². The molecule has 0 spiro atoms. The molecule has 0 aliphatic carbocycles. The Hall–Kier alpha value is -2.19. The Morgan fingerprint density at radius 2 is 2.21 bits per heavy atom. The van der Waals surface area contributed by atoms with E-state index in [2.05, 4.69) is 30.2 Å². The highest BCUT2D eigenvalue weighted by molar-refractivity contribution is 5.58. The highest BCUT2D eigenvalue weighted by Gasteiger charge is 2.32. The molecule has 0 unspecified atom stereocenters. The molecule has 2 atom stereocenters. The minimum absolute atomic E-state index is 0.251. The molecule has 1 aliphatic heterocycles. The van der Waals surface area contributed by atoms with Gasteiger partial charge < -0.3 is 20.2 Å². The van der Waals surface area contributed by atoms with Crippen LogP contribution < -0.4 is 10.2 Å². The van der Waals surface area contributed by atoms with E-state index in [9.17, 15) is 5.11 Å². The maximum Gasteiger partial charge on any atom is 0.135 e. The first kappa shape index (κ1) is 16.7. The summed E-state index contributed by atoms with van der Waals surface area (Å²) in [5, 5.41) is 17.6. The Kier molecular flexibility index (Phi) is 4.96. The molecule has 0 amide bonds. The molecule has 1 saturated heterocycles. The normalized spacial score (nSPS) is 20.8. The van der Waals surface area contributed by atoms with Crippen LogP contribution in [0.5, 0.6) is 0 Å². The molecule has 0 aromatic carbocycles. The number of rotatable bonds is 6. The van der Waals surface area contributed by atoms with Crippen molar-refractivity contribution in [2.45, 2.75) is 32.0 Å². The van der Waals surface area contributed by atoms with Crippen LogP contribution in [0.2, 0.25) is 0 Å². The fourth-order valence-corrected chi connectivity index (χ4v) is 3.09. The average molecular weight is 331 g/mol. The number of β-amino-alcohol motifs (C(OH)–C–C–N with tert-alkyl or cyclic N) is 1. The number of anilines is 3. The zero-order chi connectivity index (χ0) is 17.1. The average Bonchev–Trinajstić information content (AvgIpc) is 3.13. The largest absolute Gasteiger partial charge is 0.391 e. The van der Waals surface area contributed by atoms with Gasteiger partial charge in [-0.05, 0) is 27.4 Å². The molecule has 0 bridgehead atoms. The van der Waals surface area contributed by atoms with Crippen molar-refractivity contribution in [2.24, 2.45) is 0 Å². The molecule has 0 radical (unpaired) electrons. The molecular formula is C16H25N7O. The molecule has 8 heteroatoms. The molecule has 3 rings (SSSR count). The first-order valence-electron chi connectivity index (χ1n) is 8.26.